The summed E-state index contributed by atoms with van der Waals surface area (Å²) in [4.78, 5) is 37.2. The first kappa shape index (κ1) is 25.6. The number of hydrazone groups is 1. The molecule has 0 aromatic heterocycles. The Kier molecular flexibility index (Phi) is 8.30. The van der Waals surface area contributed by atoms with Gasteiger partial charge in [0.15, 0.2) is 0 Å². The average molecular weight is 532 g/mol. The van der Waals surface area contributed by atoms with Crippen molar-refractivity contribution in [3.63, 3.8) is 0 Å². The van der Waals surface area contributed by atoms with Crippen molar-refractivity contribution in [3.05, 3.63) is 129 Å². The number of nitrogens with one attached hydrogen (secondary N) is 2. The molecule has 0 saturated heterocycles. The van der Waals surface area contributed by atoms with Crippen molar-refractivity contribution >= 4 is 52.9 Å². The van der Waals surface area contributed by atoms with Crippen LogP contribution >= 0.6 is 23.2 Å². The third-order valence-electron chi connectivity index (χ3n) is 5.07. The highest BCUT2D eigenvalue weighted by Gasteiger charge is 2.12. The molecule has 9 heteroatoms. The molecule has 184 valence electrons. The molecule has 0 bridgehead atoms. The molecule has 7 nitrogen and oxygen atoms in total. The van der Waals surface area contributed by atoms with E-state index >= 15 is 0 Å². The summed E-state index contributed by atoms with van der Waals surface area (Å²) in [6, 6.07) is 26.0. The first-order valence-corrected chi connectivity index (χ1v) is 11.7. The maximum absolute atomic E-state index is 12.5. The van der Waals surface area contributed by atoms with Gasteiger partial charge in [-0.3, -0.25) is 9.59 Å². The van der Waals surface area contributed by atoms with Crippen LogP contribution in [-0.2, 0) is 0 Å². The summed E-state index contributed by atoms with van der Waals surface area (Å²) in [6.45, 7) is 0. The van der Waals surface area contributed by atoms with Crippen LogP contribution in [0.4, 0.5) is 5.69 Å². The van der Waals surface area contributed by atoms with Crippen LogP contribution in [0.15, 0.2) is 102 Å². The zero-order chi connectivity index (χ0) is 26.2. The highest BCUT2D eigenvalue weighted by atomic mass is 35.5. The topological polar surface area (TPSA) is 96.9 Å². The van der Waals surface area contributed by atoms with Gasteiger partial charge in [-0.15, -0.1) is 0 Å². The lowest BCUT2D eigenvalue weighted by Crippen LogP contribution is -2.18. The second kappa shape index (κ2) is 12.0. The number of esters is 1. The first-order chi connectivity index (χ1) is 17.9. The lowest BCUT2D eigenvalue weighted by molar-refractivity contribution is 0.0734. The molecule has 4 aromatic rings. The molecule has 0 spiro atoms. The van der Waals surface area contributed by atoms with Crippen molar-refractivity contribution < 1.29 is 19.1 Å². The minimum atomic E-state index is -0.537. The molecule has 0 fully saturated rings. The fraction of sp³-hybridized carbons (Fsp3) is 0. The van der Waals surface area contributed by atoms with Crippen LogP contribution in [-0.4, -0.2) is 24.0 Å². The first-order valence-electron chi connectivity index (χ1n) is 11.0. The smallest absolute Gasteiger partial charge is 0.343 e. The zero-order valence-corrected chi connectivity index (χ0v) is 20.7. The molecule has 0 unspecified atom stereocenters. The Morgan fingerprint density at radius 3 is 2.03 bits per heavy atom. The molecule has 0 aliphatic carbocycles. The van der Waals surface area contributed by atoms with Gasteiger partial charge in [-0.05, 0) is 78.9 Å². The molecule has 4 rings (SSSR count). The van der Waals surface area contributed by atoms with Crippen molar-refractivity contribution in [1.82, 2.24) is 5.43 Å². The highest BCUT2D eigenvalue weighted by molar-refractivity contribution is 6.31. The molecular weight excluding hydrogens is 513 g/mol. The number of hydrogen-bond donors (Lipinski definition) is 2. The van der Waals surface area contributed by atoms with Gasteiger partial charge >= 0.3 is 5.97 Å². The summed E-state index contributed by atoms with van der Waals surface area (Å²) < 4.78 is 5.47. The average Bonchev–Trinajstić information content (AvgIpc) is 2.91. The minimum Gasteiger partial charge on any atom is -0.422 e. The summed E-state index contributed by atoms with van der Waals surface area (Å²) in [5.41, 5.74) is 4.50. The van der Waals surface area contributed by atoms with Crippen LogP contribution in [0, 0.1) is 0 Å². The zero-order valence-electron chi connectivity index (χ0n) is 19.2. The third-order valence-corrected chi connectivity index (χ3v) is 5.55. The van der Waals surface area contributed by atoms with E-state index in [-0.39, 0.29) is 11.7 Å². The largest absolute Gasteiger partial charge is 0.422 e. The standard InChI is InChI=1S/C28H19Cl2N3O4/c29-22-10-6-18(7-11-22)26(34)32-24-13-8-19(9-14-24)27(35)33-31-17-21-16-23(30)12-15-25(21)37-28(36)20-4-2-1-3-5-20/h1-17H,(H,32,34)(H,33,35)/b31-17+. The normalized spacial score (nSPS) is 10.6. The fourth-order valence-electron chi connectivity index (χ4n) is 3.18. The molecule has 2 amide bonds. The van der Waals surface area contributed by atoms with E-state index < -0.39 is 11.9 Å². The molecule has 0 radical (unpaired) electrons. The van der Waals surface area contributed by atoms with Gasteiger partial charge in [-0.1, -0.05) is 41.4 Å². The Bertz CT molecular complexity index is 1460. The van der Waals surface area contributed by atoms with Gasteiger partial charge in [0.1, 0.15) is 5.75 Å². The molecule has 0 aliphatic rings. The predicted molar refractivity (Wildman–Crippen MR) is 144 cm³/mol. The van der Waals surface area contributed by atoms with E-state index in [1.165, 1.54) is 6.21 Å². The lowest BCUT2D eigenvalue weighted by atomic mass is 10.1. The summed E-state index contributed by atoms with van der Waals surface area (Å²) in [6.07, 6.45) is 1.33. The quantitative estimate of drug-likeness (QED) is 0.128. The number of nitrogens with zero attached hydrogens (tertiary/aromatic N) is 1. The van der Waals surface area contributed by atoms with E-state index in [0.29, 0.717) is 38.0 Å². The Hall–Kier alpha value is -4.46. The molecule has 4 aromatic carbocycles. The fourth-order valence-corrected chi connectivity index (χ4v) is 3.49. The highest BCUT2D eigenvalue weighted by Crippen LogP contribution is 2.22. The van der Waals surface area contributed by atoms with Gasteiger partial charge in [-0.25, -0.2) is 10.2 Å². The monoisotopic (exact) mass is 531 g/mol. The van der Waals surface area contributed by atoms with E-state index in [0.717, 1.165) is 0 Å². The number of hydrogen-bond acceptors (Lipinski definition) is 5. The van der Waals surface area contributed by atoms with Crippen molar-refractivity contribution in [3.8, 4) is 5.75 Å². The van der Waals surface area contributed by atoms with Gasteiger partial charge in [0, 0.05) is 32.4 Å². The number of ether oxygens (including phenoxy) is 1. The maximum Gasteiger partial charge on any atom is 0.343 e. The number of halogens is 2. The Labute approximate surface area is 222 Å². The second-order valence-corrected chi connectivity index (χ2v) is 8.55. The van der Waals surface area contributed by atoms with Crippen LogP contribution in [0.3, 0.4) is 0 Å². The summed E-state index contributed by atoms with van der Waals surface area (Å²) in [7, 11) is 0. The Morgan fingerprint density at radius 2 is 1.32 bits per heavy atom. The number of rotatable bonds is 7. The van der Waals surface area contributed by atoms with E-state index in [1.807, 2.05) is 0 Å². The summed E-state index contributed by atoms with van der Waals surface area (Å²) in [5, 5.41) is 7.65. The molecule has 2 N–H and O–H groups in total. The second-order valence-electron chi connectivity index (χ2n) is 7.68. The number of benzene rings is 4. The van der Waals surface area contributed by atoms with Crippen LogP contribution in [0.25, 0.3) is 0 Å². The Morgan fingerprint density at radius 1 is 0.703 bits per heavy atom. The number of carbonyl (C=O) groups is 3. The van der Waals surface area contributed by atoms with E-state index in [4.69, 9.17) is 27.9 Å². The predicted octanol–water partition coefficient (Wildman–Crippen LogP) is 6.23. The molecular formula is C28H19Cl2N3O4. The van der Waals surface area contributed by atoms with Gasteiger partial charge < -0.3 is 10.1 Å². The SMILES string of the molecule is O=C(N/N=C/c1cc(Cl)ccc1OC(=O)c1ccccc1)c1ccc(NC(=O)c2ccc(Cl)cc2)cc1. The Balaban J connectivity index is 1.38. The molecule has 0 atom stereocenters. The van der Waals surface area contributed by atoms with Gasteiger partial charge in [-0.2, -0.15) is 5.10 Å². The molecule has 0 heterocycles. The minimum absolute atomic E-state index is 0.233. The van der Waals surface area contributed by atoms with Gasteiger partial charge in [0.05, 0.1) is 11.8 Å². The third kappa shape index (κ3) is 7.04. The van der Waals surface area contributed by atoms with Crippen molar-refractivity contribution in [2.75, 3.05) is 5.32 Å². The maximum atomic E-state index is 12.5. The molecule has 0 aliphatic heterocycles. The van der Waals surface area contributed by atoms with Crippen LogP contribution in [0.1, 0.15) is 36.6 Å². The van der Waals surface area contributed by atoms with Crippen molar-refractivity contribution in [2.45, 2.75) is 0 Å². The van der Waals surface area contributed by atoms with Gasteiger partial charge in [0.25, 0.3) is 11.8 Å². The van der Waals surface area contributed by atoms with Crippen molar-refractivity contribution in [1.29, 1.82) is 0 Å². The summed E-state index contributed by atoms with van der Waals surface area (Å²) in [5.74, 6) is -1.08. The van der Waals surface area contributed by atoms with E-state index in [9.17, 15) is 14.4 Å². The number of amides is 2. The number of carbonyl (C=O) groups excluding carboxylic acids is 3. The lowest BCUT2D eigenvalue weighted by Gasteiger charge is -2.08. The van der Waals surface area contributed by atoms with Crippen molar-refractivity contribution in [2.24, 2.45) is 5.10 Å². The molecule has 0 saturated carbocycles. The molecule has 37 heavy (non-hydrogen) atoms. The van der Waals surface area contributed by atoms with Crippen LogP contribution in [0.5, 0.6) is 5.75 Å². The number of anilines is 1. The van der Waals surface area contributed by atoms with E-state index in [1.54, 1.807) is 97.1 Å². The van der Waals surface area contributed by atoms with Crippen LogP contribution in [0.2, 0.25) is 10.0 Å². The van der Waals surface area contributed by atoms with Gasteiger partial charge in [0.2, 0.25) is 0 Å². The van der Waals surface area contributed by atoms with E-state index in [2.05, 4.69) is 15.8 Å². The van der Waals surface area contributed by atoms with Crippen LogP contribution < -0.4 is 15.5 Å². The summed E-state index contributed by atoms with van der Waals surface area (Å²) >= 11 is 11.9.